The highest BCUT2D eigenvalue weighted by atomic mass is 35.5. The van der Waals surface area contributed by atoms with E-state index < -0.39 is 0 Å². The Morgan fingerprint density at radius 3 is 2.95 bits per heavy atom. The summed E-state index contributed by atoms with van der Waals surface area (Å²) < 4.78 is 0. The molecule has 1 fully saturated rings. The molecule has 0 bridgehead atoms. The summed E-state index contributed by atoms with van der Waals surface area (Å²) in [4.78, 5) is 15.8. The van der Waals surface area contributed by atoms with Gasteiger partial charge >= 0.3 is 0 Å². The molecule has 1 amide bonds. The van der Waals surface area contributed by atoms with Gasteiger partial charge in [0.15, 0.2) is 0 Å². The van der Waals surface area contributed by atoms with Gasteiger partial charge in [-0.3, -0.25) is 4.79 Å². The van der Waals surface area contributed by atoms with Crippen LogP contribution in [-0.2, 0) is 4.79 Å². The number of carbonyl (C=O) groups excluding carboxylic acids is 1. The van der Waals surface area contributed by atoms with Crippen LogP contribution < -0.4 is 10.6 Å². The number of aromatic nitrogens is 1. The topological polar surface area (TPSA) is 54.0 Å². The van der Waals surface area contributed by atoms with Gasteiger partial charge in [0.2, 0.25) is 5.91 Å². The minimum absolute atomic E-state index is 0. The van der Waals surface area contributed by atoms with Crippen molar-refractivity contribution < 1.29 is 4.79 Å². The van der Waals surface area contributed by atoms with E-state index >= 15 is 0 Å². The average Bonchev–Trinajstić information content (AvgIpc) is 2.79. The molecule has 0 spiro atoms. The number of pyridine rings is 1. The van der Waals surface area contributed by atoms with E-state index in [1.807, 2.05) is 19.1 Å². The summed E-state index contributed by atoms with van der Waals surface area (Å²) in [5.74, 6) is 1.38. The number of hydrogen-bond acceptors (Lipinski definition) is 3. The molecular weight excluding hydrogens is 285 g/mol. The normalized spacial score (nSPS) is 17.2. The molecule has 0 saturated carbocycles. The maximum atomic E-state index is 11.7. The van der Waals surface area contributed by atoms with E-state index in [9.17, 15) is 4.79 Å². The third-order valence-corrected chi connectivity index (χ3v) is 3.12. The molecular formula is C13H21Cl2N3O. The largest absolute Gasteiger partial charge is 0.316 e. The molecule has 1 aliphatic heterocycles. The van der Waals surface area contributed by atoms with Crippen LogP contribution in [-0.4, -0.2) is 24.0 Å². The molecule has 0 aromatic carbocycles. The second-order valence-electron chi connectivity index (χ2n) is 4.66. The number of amides is 1. The molecule has 4 nitrogen and oxygen atoms in total. The van der Waals surface area contributed by atoms with Crippen molar-refractivity contribution in [3.8, 4) is 0 Å². The fourth-order valence-electron chi connectivity index (χ4n) is 2.11. The molecule has 108 valence electrons. The highest BCUT2D eigenvalue weighted by molar-refractivity contribution is 5.89. The van der Waals surface area contributed by atoms with Crippen molar-refractivity contribution in [3.05, 3.63) is 23.9 Å². The number of nitrogens with zero attached hydrogens (tertiary/aromatic N) is 1. The zero-order valence-electron chi connectivity index (χ0n) is 11.0. The molecule has 1 aliphatic rings. The Morgan fingerprint density at radius 2 is 2.32 bits per heavy atom. The molecule has 0 radical (unpaired) electrons. The number of halogens is 2. The standard InChI is InChI=1S/C13H19N3O.2ClH/c1-10-4-7-15-12(8-10)16-13(17)3-2-11-5-6-14-9-11;;/h4,7-8,11,14H,2-3,5-6,9H2,1H3,(H,15,16,17);2*1H. The van der Waals surface area contributed by atoms with E-state index in [1.54, 1.807) is 6.20 Å². The van der Waals surface area contributed by atoms with Crippen LogP contribution in [0.2, 0.25) is 0 Å². The molecule has 2 heterocycles. The second kappa shape index (κ2) is 9.13. The Balaban J connectivity index is 0.00000162. The van der Waals surface area contributed by atoms with E-state index in [2.05, 4.69) is 15.6 Å². The van der Waals surface area contributed by atoms with Gasteiger partial charge in [-0.15, -0.1) is 24.8 Å². The van der Waals surface area contributed by atoms with Gasteiger partial charge in [0.05, 0.1) is 0 Å². The molecule has 2 rings (SSSR count). The van der Waals surface area contributed by atoms with Gasteiger partial charge in [0.1, 0.15) is 5.82 Å². The van der Waals surface area contributed by atoms with E-state index in [1.165, 1.54) is 6.42 Å². The lowest BCUT2D eigenvalue weighted by atomic mass is 10.0. The predicted octanol–water partition coefficient (Wildman–Crippen LogP) is 2.56. The number of aryl methyl sites for hydroxylation is 1. The van der Waals surface area contributed by atoms with Gasteiger partial charge in [-0.25, -0.2) is 4.98 Å². The van der Waals surface area contributed by atoms with Gasteiger partial charge in [0.25, 0.3) is 0 Å². The lowest BCUT2D eigenvalue weighted by molar-refractivity contribution is -0.116. The third-order valence-electron chi connectivity index (χ3n) is 3.12. The van der Waals surface area contributed by atoms with E-state index in [0.29, 0.717) is 18.2 Å². The van der Waals surface area contributed by atoms with Gasteiger partial charge in [0, 0.05) is 12.6 Å². The molecule has 1 aromatic heterocycles. The minimum Gasteiger partial charge on any atom is -0.316 e. The van der Waals surface area contributed by atoms with Crippen LogP contribution >= 0.6 is 24.8 Å². The van der Waals surface area contributed by atoms with Crippen LogP contribution in [0.1, 0.15) is 24.8 Å². The van der Waals surface area contributed by atoms with Crippen LogP contribution in [0.5, 0.6) is 0 Å². The quantitative estimate of drug-likeness (QED) is 0.899. The fraction of sp³-hybridized carbons (Fsp3) is 0.538. The summed E-state index contributed by atoms with van der Waals surface area (Å²) in [5.41, 5.74) is 1.11. The van der Waals surface area contributed by atoms with Gasteiger partial charge in [-0.2, -0.15) is 0 Å². The molecule has 1 saturated heterocycles. The molecule has 1 atom stereocenters. The first kappa shape index (κ1) is 18.2. The van der Waals surface area contributed by atoms with Crippen molar-refractivity contribution in [3.63, 3.8) is 0 Å². The summed E-state index contributed by atoms with van der Waals surface area (Å²) in [6.45, 7) is 4.13. The number of nitrogens with one attached hydrogen (secondary N) is 2. The molecule has 1 aromatic rings. The van der Waals surface area contributed by atoms with Gasteiger partial charge < -0.3 is 10.6 Å². The minimum atomic E-state index is 0. The van der Waals surface area contributed by atoms with Crippen LogP contribution in [0.25, 0.3) is 0 Å². The predicted molar refractivity (Wildman–Crippen MR) is 82.3 cm³/mol. The first-order valence-corrected chi connectivity index (χ1v) is 6.17. The van der Waals surface area contributed by atoms with E-state index in [-0.39, 0.29) is 30.7 Å². The maximum absolute atomic E-state index is 11.7. The van der Waals surface area contributed by atoms with Gasteiger partial charge in [-0.05, 0) is 56.5 Å². The Hall–Kier alpha value is -0.840. The second-order valence-corrected chi connectivity index (χ2v) is 4.66. The van der Waals surface area contributed by atoms with E-state index in [4.69, 9.17) is 0 Å². The van der Waals surface area contributed by atoms with Crippen molar-refractivity contribution in [1.29, 1.82) is 0 Å². The van der Waals surface area contributed by atoms with Crippen molar-refractivity contribution >= 4 is 36.5 Å². The highest BCUT2D eigenvalue weighted by Gasteiger charge is 2.15. The SMILES string of the molecule is Cc1ccnc(NC(=O)CCC2CCNC2)c1.Cl.Cl. The summed E-state index contributed by atoms with van der Waals surface area (Å²) in [7, 11) is 0. The lowest BCUT2D eigenvalue weighted by Gasteiger charge is -2.08. The summed E-state index contributed by atoms with van der Waals surface area (Å²) in [6, 6.07) is 3.80. The lowest BCUT2D eigenvalue weighted by Crippen LogP contribution is -2.15. The molecule has 19 heavy (non-hydrogen) atoms. The Labute approximate surface area is 126 Å². The molecule has 1 unspecified atom stereocenters. The van der Waals surface area contributed by atoms with E-state index in [0.717, 1.165) is 25.1 Å². The third kappa shape index (κ3) is 6.23. The summed E-state index contributed by atoms with van der Waals surface area (Å²) in [5, 5.41) is 6.15. The number of rotatable bonds is 4. The highest BCUT2D eigenvalue weighted by Crippen LogP contribution is 2.15. The molecule has 0 aliphatic carbocycles. The van der Waals surface area contributed by atoms with Crippen LogP contribution in [0.15, 0.2) is 18.3 Å². The molecule has 2 N–H and O–H groups in total. The summed E-state index contributed by atoms with van der Waals surface area (Å²) >= 11 is 0. The van der Waals surface area contributed by atoms with Crippen LogP contribution in [0.3, 0.4) is 0 Å². The zero-order chi connectivity index (χ0) is 12.1. The summed E-state index contributed by atoms with van der Waals surface area (Å²) in [6.07, 6.45) is 4.45. The molecule has 6 heteroatoms. The smallest absolute Gasteiger partial charge is 0.225 e. The van der Waals surface area contributed by atoms with Gasteiger partial charge in [-0.1, -0.05) is 0 Å². The average molecular weight is 306 g/mol. The van der Waals surface area contributed by atoms with Crippen LogP contribution in [0.4, 0.5) is 5.82 Å². The van der Waals surface area contributed by atoms with Crippen molar-refractivity contribution in [2.45, 2.75) is 26.2 Å². The van der Waals surface area contributed by atoms with Crippen molar-refractivity contribution in [2.24, 2.45) is 5.92 Å². The number of anilines is 1. The monoisotopic (exact) mass is 305 g/mol. The first-order chi connectivity index (χ1) is 8.24. The Bertz CT molecular complexity index is 395. The number of hydrogen-bond donors (Lipinski definition) is 2. The Morgan fingerprint density at radius 1 is 1.53 bits per heavy atom. The maximum Gasteiger partial charge on any atom is 0.225 e. The Kier molecular flexibility index (Phi) is 8.72. The van der Waals surface area contributed by atoms with Crippen molar-refractivity contribution in [1.82, 2.24) is 10.3 Å². The zero-order valence-corrected chi connectivity index (χ0v) is 12.6. The fourth-order valence-corrected chi connectivity index (χ4v) is 2.11. The first-order valence-electron chi connectivity index (χ1n) is 6.17. The number of carbonyl (C=O) groups is 1. The van der Waals surface area contributed by atoms with Crippen molar-refractivity contribution in [2.75, 3.05) is 18.4 Å². The van der Waals surface area contributed by atoms with Crippen LogP contribution in [0, 0.1) is 12.8 Å².